The van der Waals surface area contributed by atoms with Crippen LogP contribution in [0.2, 0.25) is 0 Å². The van der Waals surface area contributed by atoms with Crippen LogP contribution in [0.3, 0.4) is 0 Å². The lowest BCUT2D eigenvalue weighted by molar-refractivity contribution is -0.164. The summed E-state index contributed by atoms with van der Waals surface area (Å²) in [6.07, 6.45) is 1.56. The molecule has 0 saturated heterocycles. The van der Waals surface area contributed by atoms with Gasteiger partial charge in [-0.15, -0.1) is 0 Å². The molecule has 0 bridgehead atoms. The first-order valence-corrected chi connectivity index (χ1v) is 9.29. The molecule has 3 N–H and O–H groups in total. The summed E-state index contributed by atoms with van der Waals surface area (Å²) in [5.74, 6) is 0.153. The smallest absolute Gasteiger partial charge is 0.339 e. The van der Waals surface area contributed by atoms with E-state index in [2.05, 4.69) is 27.0 Å². The van der Waals surface area contributed by atoms with Crippen molar-refractivity contribution in [3.05, 3.63) is 27.4 Å². The minimum atomic E-state index is -0.842. The summed E-state index contributed by atoms with van der Waals surface area (Å²) >= 11 is 3.69. The van der Waals surface area contributed by atoms with Crippen LogP contribution in [0.5, 0.6) is 0 Å². The second-order valence-corrected chi connectivity index (χ2v) is 8.48. The van der Waals surface area contributed by atoms with Gasteiger partial charge in [0.15, 0.2) is 6.10 Å². The van der Waals surface area contributed by atoms with Crippen molar-refractivity contribution in [3.8, 4) is 0 Å². The van der Waals surface area contributed by atoms with E-state index in [0.717, 1.165) is 26.5 Å². The highest BCUT2D eigenvalue weighted by Crippen LogP contribution is 2.45. The Hall–Kier alpha value is -1.53. The SMILES string of the molecule is COC(=O)[C@@H](OC(C)(C)C)c1c(C)c(N)c2[nH]c(C3CC3)cc2c1Br. The van der Waals surface area contributed by atoms with Crippen molar-refractivity contribution in [1.82, 2.24) is 4.98 Å². The van der Waals surface area contributed by atoms with Gasteiger partial charge >= 0.3 is 5.97 Å². The zero-order chi connectivity index (χ0) is 18.5. The van der Waals surface area contributed by atoms with Crippen molar-refractivity contribution in [2.45, 2.75) is 58.2 Å². The fraction of sp³-hybridized carbons (Fsp3) is 0.526. The number of aromatic nitrogens is 1. The van der Waals surface area contributed by atoms with Gasteiger partial charge in [0.2, 0.25) is 0 Å². The van der Waals surface area contributed by atoms with E-state index >= 15 is 0 Å². The number of carbonyl (C=O) groups excluding carboxylic acids is 1. The van der Waals surface area contributed by atoms with Gasteiger partial charge in [0.25, 0.3) is 0 Å². The number of anilines is 1. The number of methoxy groups -OCH3 is 1. The fourth-order valence-corrected chi connectivity index (χ4v) is 3.93. The van der Waals surface area contributed by atoms with E-state index in [9.17, 15) is 4.79 Å². The Bertz CT molecular complexity index is 832. The Balaban J connectivity index is 2.20. The van der Waals surface area contributed by atoms with Gasteiger partial charge < -0.3 is 20.2 Å². The summed E-state index contributed by atoms with van der Waals surface area (Å²) in [7, 11) is 1.37. The molecule has 1 heterocycles. The molecule has 1 aliphatic carbocycles. The van der Waals surface area contributed by atoms with Crippen LogP contribution in [-0.2, 0) is 14.3 Å². The van der Waals surface area contributed by atoms with Crippen LogP contribution in [-0.4, -0.2) is 23.7 Å². The quantitative estimate of drug-likeness (QED) is 0.566. The van der Waals surface area contributed by atoms with Crippen molar-refractivity contribution in [2.75, 3.05) is 12.8 Å². The number of nitrogens with one attached hydrogen (secondary N) is 1. The molecule has 0 spiro atoms. The highest BCUT2D eigenvalue weighted by atomic mass is 79.9. The first kappa shape index (κ1) is 18.3. The van der Waals surface area contributed by atoms with E-state index < -0.39 is 17.7 Å². The van der Waals surface area contributed by atoms with E-state index in [1.807, 2.05) is 27.7 Å². The molecule has 6 heteroatoms. The number of fused-ring (bicyclic) bond motifs is 1. The van der Waals surface area contributed by atoms with Gasteiger partial charge in [0.05, 0.1) is 23.9 Å². The maximum absolute atomic E-state index is 12.4. The van der Waals surface area contributed by atoms with E-state index in [1.165, 1.54) is 25.6 Å². The summed E-state index contributed by atoms with van der Waals surface area (Å²) in [6, 6.07) is 2.13. The van der Waals surface area contributed by atoms with Gasteiger partial charge in [0.1, 0.15) is 0 Å². The predicted molar refractivity (Wildman–Crippen MR) is 103 cm³/mol. The Morgan fingerprint density at radius 3 is 2.56 bits per heavy atom. The molecule has 1 aliphatic rings. The van der Waals surface area contributed by atoms with E-state index in [4.69, 9.17) is 15.2 Å². The topological polar surface area (TPSA) is 77.3 Å². The number of nitrogens with two attached hydrogens (primary N) is 1. The van der Waals surface area contributed by atoms with Crippen molar-refractivity contribution in [3.63, 3.8) is 0 Å². The zero-order valence-electron chi connectivity index (χ0n) is 15.3. The maximum atomic E-state index is 12.4. The lowest BCUT2D eigenvalue weighted by Gasteiger charge is -2.28. The minimum absolute atomic E-state index is 0.435. The number of nitrogen functional groups attached to an aromatic ring is 1. The number of benzene rings is 1. The number of carbonyl (C=O) groups is 1. The Kier molecular flexibility index (Phi) is 4.62. The Labute approximate surface area is 156 Å². The zero-order valence-corrected chi connectivity index (χ0v) is 16.9. The van der Waals surface area contributed by atoms with Crippen LogP contribution >= 0.6 is 15.9 Å². The highest BCUT2D eigenvalue weighted by Gasteiger charge is 2.33. The van der Waals surface area contributed by atoms with E-state index in [1.54, 1.807) is 0 Å². The molecule has 1 atom stereocenters. The number of aromatic amines is 1. The molecule has 5 nitrogen and oxygen atoms in total. The molecular formula is C19H25BrN2O3. The van der Waals surface area contributed by atoms with Gasteiger partial charge in [-0.3, -0.25) is 0 Å². The van der Waals surface area contributed by atoms with Gasteiger partial charge in [-0.25, -0.2) is 4.79 Å². The second kappa shape index (κ2) is 6.32. The first-order chi connectivity index (χ1) is 11.6. The third-order valence-electron chi connectivity index (χ3n) is 4.55. The van der Waals surface area contributed by atoms with Crippen LogP contribution in [0, 0.1) is 6.92 Å². The monoisotopic (exact) mass is 408 g/mol. The van der Waals surface area contributed by atoms with Crippen LogP contribution in [0.4, 0.5) is 5.69 Å². The number of hydrogen-bond acceptors (Lipinski definition) is 4. The van der Waals surface area contributed by atoms with Crippen LogP contribution in [0.15, 0.2) is 10.5 Å². The number of H-pyrrole nitrogens is 1. The normalized spacial score (nSPS) is 16.2. The molecule has 1 saturated carbocycles. The highest BCUT2D eigenvalue weighted by molar-refractivity contribution is 9.10. The minimum Gasteiger partial charge on any atom is -0.467 e. The van der Waals surface area contributed by atoms with Crippen LogP contribution in [0.25, 0.3) is 10.9 Å². The van der Waals surface area contributed by atoms with Gasteiger partial charge in [0, 0.05) is 21.1 Å². The summed E-state index contributed by atoms with van der Waals surface area (Å²) in [6.45, 7) is 7.65. The number of halogens is 1. The molecule has 0 radical (unpaired) electrons. The van der Waals surface area contributed by atoms with Gasteiger partial charge in [-0.2, -0.15) is 0 Å². The van der Waals surface area contributed by atoms with Gasteiger partial charge in [-0.05, 0) is 74.0 Å². The average molecular weight is 409 g/mol. The van der Waals surface area contributed by atoms with Crippen LogP contribution in [0.1, 0.15) is 62.5 Å². The predicted octanol–water partition coefficient (Wildman–Crippen LogP) is 4.73. The van der Waals surface area contributed by atoms with Crippen LogP contribution < -0.4 is 5.73 Å². The molecule has 1 aromatic heterocycles. The maximum Gasteiger partial charge on any atom is 0.339 e. The number of ether oxygens (including phenoxy) is 2. The summed E-state index contributed by atoms with van der Waals surface area (Å²) in [4.78, 5) is 15.9. The Morgan fingerprint density at radius 2 is 2.04 bits per heavy atom. The van der Waals surface area contributed by atoms with Crippen molar-refractivity contribution in [1.29, 1.82) is 0 Å². The molecule has 1 fully saturated rings. The summed E-state index contributed by atoms with van der Waals surface area (Å²) in [5, 5.41) is 0.978. The van der Waals surface area contributed by atoms with Crippen molar-refractivity contribution in [2.24, 2.45) is 0 Å². The molecule has 25 heavy (non-hydrogen) atoms. The molecule has 0 unspecified atom stereocenters. The first-order valence-electron chi connectivity index (χ1n) is 8.49. The van der Waals surface area contributed by atoms with E-state index in [0.29, 0.717) is 11.6 Å². The standard InChI is InChI=1S/C19H25BrN2O3/c1-9-13(17(18(23)24-5)25-19(2,3)4)14(20)11-8-12(10-6-7-10)22-16(11)15(9)21/h8,10,17,22H,6-7,21H2,1-5H3/t17-/m0/s1. The molecule has 0 aliphatic heterocycles. The van der Waals surface area contributed by atoms with E-state index in [-0.39, 0.29) is 0 Å². The molecule has 2 aromatic rings. The van der Waals surface area contributed by atoms with Crippen molar-refractivity contribution >= 4 is 38.5 Å². The van der Waals surface area contributed by atoms with Gasteiger partial charge in [-0.1, -0.05) is 0 Å². The third-order valence-corrected chi connectivity index (χ3v) is 5.41. The summed E-state index contributed by atoms with van der Waals surface area (Å²) < 4.78 is 11.9. The molecule has 1 aromatic carbocycles. The second-order valence-electron chi connectivity index (χ2n) is 7.69. The third kappa shape index (κ3) is 3.42. The molecule has 136 valence electrons. The number of esters is 1. The lowest BCUT2D eigenvalue weighted by atomic mass is 9.98. The largest absolute Gasteiger partial charge is 0.467 e. The number of hydrogen-bond donors (Lipinski definition) is 2. The van der Waals surface area contributed by atoms with Crippen molar-refractivity contribution < 1.29 is 14.3 Å². The lowest BCUT2D eigenvalue weighted by Crippen LogP contribution is -2.29. The average Bonchev–Trinajstić information content (AvgIpc) is 3.28. The molecule has 3 rings (SSSR count). The molecular weight excluding hydrogens is 384 g/mol. The number of rotatable bonds is 4. The Morgan fingerprint density at radius 1 is 1.40 bits per heavy atom. The summed E-state index contributed by atoms with van der Waals surface area (Å²) in [5.41, 5.74) is 10.2. The fourth-order valence-electron chi connectivity index (χ4n) is 3.11. The molecule has 0 amide bonds.